The van der Waals surface area contributed by atoms with Crippen molar-refractivity contribution < 1.29 is 10.2 Å². The maximum absolute atomic E-state index is 11.0. The van der Waals surface area contributed by atoms with Crippen LogP contribution in [0.1, 0.15) is 102 Å². The normalized spacial score (nSPS) is 36.6. The Kier molecular flexibility index (Phi) is 6.06. The number of phenolic OH excluding ortho intramolecular Hbond substituents is 1. The number of aliphatic hydroxyl groups excluding tert-OH is 1. The number of phenols is 1. The van der Waals surface area contributed by atoms with Gasteiger partial charge in [-0.1, -0.05) is 58.4 Å². The third-order valence-electron chi connectivity index (χ3n) is 8.82. The van der Waals surface area contributed by atoms with Crippen molar-refractivity contribution >= 4 is 0 Å². The number of aromatic hydroxyl groups is 1. The number of hydrogen-bond donors (Lipinski definition) is 2. The first-order valence-corrected chi connectivity index (χ1v) is 12.0. The summed E-state index contributed by atoms with van der Waals surface area (Å²) in [6.45, 7) is 4.79. The van der Waals surface area contributed by atoms with Crippen LogP contribution in [0.2, 0.25) is 0 Å². The molecule has 0 heterocycles. The second-order valence-electron chi connectivity index (χ2n) is 10.3. The molecule has 1 aromatic rings. The molecule has 3 aliphatic carbocycles. The van der Waals surface area contributed by atoms with Crippen LogP contribution in [0.4, 0.5) is 0 Å². The van der Waals surface area contributed by atoms with Gasteiger partial charge >= 0.3 is 0 Å². The van der Waals surface area contributed by atoms with Crippen LogP contribution in [0.15, 0.2) is 18.2 Å². The quantitative estimate of drug-likeness (QED) is 0.521. The molecule has 0 bridgehead atoms. The van der Waals surface area contributed by atoms with Crippen molar-refractivity contribution in [1.82, 2.24) is 0 Å². The minimum Gasteiger partial charge on any atom is -0.508 e. The van der Waals surface area contributed by atoms with Crippen molar-refractivity contribution in [3.05, 3.63) is 29.3 Å². The zero-order valence-corrected chi connectivity index (χ0v) is 18.0. The Morgan fingerprint density at radius 2 is 1.86 bits per heavy atom. The third-order valence-corrected chi connectivity index (χ3v) is 8.82. The van der Waals surface area contributed by atoms with Gasteiger partial charge in [-0.05, 0) is 90.9 Å². The first kappa shape index (κ1) is 20.3. The molecule has 28 heavy (non-hydrogen) atoms. The van der Waals surface area contributed by atoms with E-state index < -0.39 is 0 Å². The van der Waals surface area contributed by atoms with Gasteiger partial charge in [0, 0.05) is 0 Å². The molecule has 4 unspecified atom stereocenters. The zero-order valence-electron chi connectivity index (χ0n) is 18.0. The smallest absolute Gasteiger partial charge is 0.115 e. The number of rotatable bonds is 7. The fraction of sp³-hybridized carbons (Fsp3) is 0.769. The molecule has 2 fully saturated rings. The first-order chi connectivity index (χ1) is 13.5. The highest BCUT2D eigenvalue weighted by Crippen LogP contribution is 2.63. The summed E-state index contributed by atoms with van der Waals surface area (Å²) in [6, 6.07) is 6.05. The van der Waals surface area contributed by atoms with Crippen molar-refractivity contribution in [2.45, 2.75) is 103 Å². The van der Waals surface area contributed by atoms with E-state index in [4.69, 9.17) is 0 Å². The molecule has 156 valence electrons. The molecule has 2 nitrogen and oxygen atoms in total. The van der Waals surface area contributed by atoms with Crippen LogP contribution in [0.25, 0.3) is 0 Å². The summed E-state index contributed by atoms with van der Waals surface area (Å²) in [4.78, 5) is 0. The summed E-state index contributed by atoms with van der Waals surface area (Å²) in [6.07, 6.45) is 15.1. The molecule has 0 aromatic heterocycles. The Morgan fingerprint density at radius 1 is 1.07 bits per heavy atom. The number of fused-ring (bicyclic) bond motifs is 5. The summed E-state index contributed by atoms with van der Waals surface area (Å²) >= 11 is 0. The highest BCUT2D eigenvalue weighted by molar-refractivity contribution is 5.40. The third kappa shape index (κ3) is 3.62. The molecule has 0 saturated heterocycles. The monoisotopic (exact) mass is 384 g/mol. The highest BCUT2D eigenvalue weighted by Gasteiger charge is 2.57. The second-order valence-corrected chi connectivity index (χ2v) is 10.3. The largest absolute Gasteiger partial charge is 0.508 e. The van der Waals surface area contributed by atoms with Gasteiger partial charge in [0.1, 0.15) is 5.75 Å². The van der Waals surface area contributed by atoms with Crippen LogP contribution in [0, 0.1) is 23.2 Å². The second kappa shape index (κ2) is 8.38. The van der Waals surface area contributed by atoms with Gasteiger partial charge in [0.15, 0.2) is 0 Å². The summed E-state index contributed by atoms with van der Waals surface area (Å²) < 4.78 is 0. The van der Waals surface area contributed by atoms with Crippen LogP contribution < -0.4 is 0 Å². The molecule has 2 N–H and O–H groups in total. The first-order valence-electron chi connectivity index (χ1n) is 12.0. The molecule has 0 spiro atoms. The Balaban J connectivity index is 1.43. The summed E-state index contributed by atoms with van der Waals surface area (Å²) in [5.74, 6) is 2.95. The molecular formula is C26H40O2. The molecule has 4 rings (SSSR count). The van der Waals surface area contributed by atoms with Crippen molar-refractivity contribution in [2.75, 3.05) is 0 Å². The molecule has 0 radical (unpaired) electrons. The lowest BCUT2D eigenvalue weighted by molar-refractivity contribution is 0.0120. The van der Waals surface area contributed by atoms with Gasteiger partial charge in [-0.15, -0.1) is 0 Å². The van der Waals surface area contributed by atoms with Crippen LogP contribution >= 0.6 is 0 Å². The predicted molar refractivity (Wildman–Crippen MR) is 116 cm³/mol. The molecule has 0 amide bonds. The van der Waals surface area contributed by atoms with Gasteiger partial charge in [-0.25, -0.2) is 0 Å². The van der Waals surface area contributed by atoms with Gasteiger partial charge < -0.3 is 10.2 Å². The molecule has 2 heteroatoms. The van der Waals surface area contributed by atoms with Crippen molar-refractivity contribution in [3.8, 4) is 5.75 Å². The van der Waals surface area contributed by atoms with Crippen LogP contribution in [0.5, 0.6) is 5.75 Å². The van der Waals surface area contributed by atoms with E-state index in [2.05, 4.69) is 19.9 Å². The van der Waals surface area contributed by atoms with Crippen molar-refractivity contribution in [2.24, 2.45) is 23.2 Å². The minimum absolute atomic E-state index is 0.0920. The van der Waals surface area contributed by atoms with Crippen LogP contribution in [-0.4, -0.2) is 16.3 Å². The van der Waals surface area contributed by atoms with E-state index in [1.54, 1.807) is 0 Å². The average molecular weight is 385 g/mol. The molecule has 0 aliphatic heterocycles. The highest BCUT2D eigenvalue weighted by atomic mass is 16.3. The van der Waals surface area contributed by atoms with Gasteiger partial charge in [-0.2, -0.15) is 0 Å². The standard InChI is InChI=1S/C26H40O2/c1-3-4-5-6-7-8-9-23-25(28)17-24-22-12-10-18-16-19(27)11-13-20(18)21(22)14-15-26(23,24)2/h11,13,16,21-25,27-28H,3-10,12,14-15,17H2,1-2H3/t21?,22?,23-,24?,25+,26?/m0/s1. The molecule has 3 aliphatic rings. The lowest BCUT2D eigenvalue weighted by Crippen LogP contribution is -2.42. The fourth-order valence-electron chi connectivity index (χ4n) is 7.35. The summed E-state index contributed by atoms with van der Waals surface area (Å²) in [5, 5.41) is 20.9. The molecular weight excluding hydrogens is 344 g/mol. The van der Waals surface area contributed by atoms with Crippen LogP contribution in [0.3, 0.4) is 0 Å². The Hall–Kier alpha value is -1.02. The summed E-state index contributed by atoms with van der Waals surface area (Å²) in [5.41, 5.74) is 3.19. The molecule has 6 atom stereocenters. The molecule has 1 aromatic carbocycles. The molecule has 2 saturated carbocycles. The topological polar surface area (TPSA) is 40.5 Å². The van der Waals surface area contributed by atoms with E-state index in [9.17, 15) is 10.2 Å². The lowest BCUT2D eigenvalue weighted by atomic mass is 9.54. The van der Waals surface area contributed by atoms with E-state index in [1.807, 2.05) is 12.1 Å². The number of hydrogen-bond acceptors (Lipinski definition) is 2. The van der Waals surface area contributed by atoms with Crippen molar-refractivity contribution in [1.29, 1.82) is 0 Å². The van der Waals surface area contributed by atoms with E-state index in [0.717, 1.165) is 18.8 Å². The number of aliphatic hydroxyl groups is 1. The van der Waals surface area contributed by atoms with E-state index in [-0.39, 0.29) is 6.10 Å². The van der Waals surface area contributed by atoms with Gasteiger partial charge in [0.25, 0.3) is 0 Å². The number of benzene rings is 1. The van der Waals surface area contributed by atoms with Crippen LogP contribution in [-0.2, 0) is 6.42 Å². The predicted octanol–water partition coefficient (Wildman–Crippen LogP) is 6.59. The number of unbranched alkanes of at least 4 members (excludes halogenated alkanes) is 5. The Labute approximate surface area is 171 Å². The minimum atomic E-state index is -0.0920. The van der Waals surface area contributed by atoms with E-state index in [0.29, 0.717) is 28.9 Å². The summed E-state index contributed by atoms with van der Waals surface area (Å²) in [7, 11) is 0. The van der Waals surface area contributed by atoms with E-state index >= 15 is 0 Å². The number of aryl methyl sites for hydroxylation is 1. The Morgan fingerprint density at radius 3 is 2.68 bits per heavy atom. The van der Waals surface area contributed by atoms with Gasteiger partial charge in [0.2, 0.25) is 0 Å². The zero-order chi connectivity index (χ0) is 19.7. The Bertz CT molecular complexity index is 668. The van der Waals surface area contributed by atoms with Gasteiger partial charge in [0.05, 0.1) is 6.10 Å². The van der Waals surface area contributed by atoms with Crippen molar-refractivity contribution in [3.63, 3.8) is 0 Å². The maximum Gasteiger partial charge on any atom is 0.115 e. The SMILES string of the molecule is CCCCCCCC[C@H]1[C@H](O)CC2C3CCc4cc(O)ccc4C3CCC21C. The maximum atomic E-state index is 11.0. The average Bonchev–Trinajstić information content (AvgIpc) is 2.94. The van der Waals surface area contributed by atoms with Gasteiger partial charge in [-0.3, -0.25) is 0 Å². The lowest BCUT2D eigenvalue weighted by Gasteiger charge is -2.51. The van der Waals surface area contributed by atoms with E-state index in [1.165, 1.54) is 75.3 Å². The fourth-order valence-corrected chi connectivity index (χ4v) is 7.35.